The Morgan fingerprint density at radius 2 is 1.86 bits per heavy atom. The molecule has 1 atom stereocenters. The van der Waals surface area contributed by atoms with Crippen LogP contribution >= 0.6 is 0 Å². The molecule has 1 unspecified atom stereocenters. The van der Waals surface area contributed by atoms with Crippen molar-refractivity contribution in [2.75, 3.05) is 32.6 Å². The van der Waals surface area contributed by atoms with Crippen LogP contribution in [0.15, 0.2) is 30.3 Å². The molecule has 2 saturated heterocycles. The number of carbonyl (C=O) groups excluding carboxylic acids is 1. The van der Waals surface area contributed by atoms with E-state index in [1.807, 2.05) is 35.2 Å². The number of hydrogen-bond donors (Lipinski definition) is 0. The topological polar surface area (TPSA) is 76.2 Å². The molecule has 0 bridgehead atoms. The highest BCUT2D eigenvalue weighted by molar-refractivity contribution is 7.88. The first-order chi connectivity index (χ1) is 13.9. The maximum atomic E-state index is 12.5. The monoisotopic (exact) mass is 422 g/mol. The third-order valence-corrected chi connectivity index (χ3v) is 7.61. The maximum Gasteiger partial charge on any atom is 0.260 e. The highest BCUT2D eigenvalue weighted by Gasteiger charge is 2.47. The summed E-state index contributed by atoms with van der Waals surface area (Å²) < 4.78 is 38.2. The predicted octanol–water partition coefficient (Wildman–Crippen LogP) is 2.03. The smallest absolute Gasteiger partial charge is 0.260 e. The Hall–Kier alpha value is -1.64. The van der Waals surface area contributed by atoms with Gasteiger partial charge in [-0.15, -0.1) is 0 Å². The molecule has 3 fully saturated rings. The summed E-state index contributed by atoms with van der Waals surface area (Å²) in [5, 5.41) is 0. The molecular weight excluding hydrogens is 392 g/mol. The lowest BCUT2D eigenvalue weighted by atomic mass is 9.82. The highest BCUT2D eigenvalue weighted by Crippen LogP contribution is 2.41. The second-order valence-corrected chi connectivity index (χ2v) is 10.4. The average Bonchev–Trinajstić information content (AvgIpc) is 3.51. The Kier molecular flexibility index (Phi) is 5.86. The lowest BCUT2D eigenvalue weighted by Crippen LogP contribution is -2.56. The molecule has 1 spiro atoms. The molecule has 0 radical (unpaired) electrons. The summed E-state index contributed by atoms with van der Waals surface area (Å²) >= 11 is 0. The van der Waals surface area contributed by atoms with Crippen molar-refractivity contribution in [3.05, 3.63) is 30.3 Å². The SMILES string of the molecule is CS(=O)(=O)N(C1CC1)C1CCOC2(CCN(C(=O)COc3ccccc3)CC2)C1. The van der Waals surface area contributed by atoms with Crippen molar-refractivity contribution in [2.24, 2.45) is 0 Å². The van der Waals surface area contributed by atoms with Gasteiger partial charge in [-0.3, -0.25) is 4.79 Å². The summed E-state index contributed by atoms with van der Waals surface area (Å²) in [6.07, 6.45) is 6.19. The molecule has 1 aromatic rings. The number of nitrogens with zero attached hydrogens (tertiary/aromatic N) is 2. The van der Waals surface area contributed by atoms with Gasteiger partial charge in [-0.1, -0.05) is 18.2 Å². The predicted molar refractivity (Wildman–Crippen MR) is 109 cm³/mol. The van der Waals surface area contributed by atoms with Crippen molar-refractivity contribution in [1.29, 1.82) is 0 Å². The molecule has 1 amide bonds. The second-order valence-electron chi connectivity index (χ2n) is 8.48. The van der Waals surface area contributed by atoms with Crippen LogP contribution in [0.1, 0.15) is 38.5 Å². The summed E-state index contributed by atoms with van der Waals surface area (Å²) in [5.74, 6) is 0.667. The Morgan fingerprint density at radius 3 is 2.48 bits per heavy atom. The normalized spacial score (nSPS) is 24.6. The van der Waals surface area contributed by atoms with E-state index in [0.717, 1.165) is 38.5 Å². The minimum Gasteiger partial charge on any atom is -0.484 e. The van der Waals surface area contributed by atoms with E-state index in [-0.39, 0.29) is 30.2 Å². The summed E-state index contributed by atoms with van der Waals surface area (Å²) in [7, 11) is -3.22. The van der Waals surface area contributed by atoms with Crippen LogP contribution in [0.3, 0.4) is 0 Å². The Labute approximate surface area is 173 Å². The molecule has 4 rings (SSSR count). The fourth-order valence-corrected chi connectivity index (χ4v) is 6.13. The number of likely N-dealkylation sites (tertiary alicyclic amines) is 1. The quantitative estimate of drug-likeness (QED) is 0.701. The summed E-state index contributed by atoms with van der Waals surface area (Å²) in [5.41, 5.74) is -0.322. The first-order valence-corrected chi connectivity index (χ1v) is 12.3. The van der Waals surface area contributed by atoms with E-state index >= 15 is 0 Å². The Bertz CT molecular complexity index is 817. The minimum absolute atomic E-state index is 0.00918. The Morgan fingerprint density at radius 1 is 1.17 bits per heavy atom. The van der Waals surface area contributed by atoms with Gasteiger partial charge in [0, 0.05) is 31.8 Å². The number of carbonyl (C=O) groups is 1. The zero-order valence-corrected chi connectivity index (χ0v) is 17.8. The first kappa shape index (κ1) is 20.6. The molecule has 2 aliphatic heterocycles. The molecule has 1 saturated carbocycles. The molecule has 0 aromatic heterocycles. The van der Waals surface area contributed by atoms with E-state index in [9.17, 15) is 13.2 Å². The number of hydrogen-bond acceptors (Lipinski definition) is 5. The second kappa shape index (κ2) is 8.24. The van der Waals surface area contributed by atoms with Crippen molar-refractivity contribution in [3.63, 3.8) is 0 Å². The standard InChI is InChI=1S/C21H30N2O5S/c1-29(25,26)23(17-7-8-17)18-9-14-28-21(15-18)10-12-22(13-11-21)20(24)16-27-19-5-3-2-4-6-19/h2-6,17-18H,7-16H2,1H3. The number of rotatable bonds is 6. The van der Waals surface area contributed by atoms with Gasteiger partial charge in [-0.2, -0.15) is 4.31 Å². The molecular formula is C21H30N2O5S. The molecule has 0 N–H and O–H groups in total. The van der Waals surface area contributed by atoms with E-state index in [4.69, 9.17) is 9.47 Å². The van der Waals surface area contributed by atoms with E-state index in [0.29, 0.717) is 25.4 Å². The molecule has 3 aliphatic rings. The van der Waals surface area contributed by atoms with Crippen LogP contribution in [-0.2, 0) is 19.6 Å². The number of piperidine rings is 1. The third kappa shape index (κ3) is 4.92. The zero-order valence-electron chi connectivity index (χ0n) is 17.0. The summed E-state index contributed by atoms with van der Waals surface area (Å²) in [6.45, 7) is 1.84. The van der Waals surface area contributed by atoms with Crippen molar-refractivity contribution < 1.29 is 22.7 Å². The molecule has 2 heterocycles. The van der Waals surface area contributed by atoms with E-state index in [1.165, 1.54) is 6.26 Å². The molecule has 29 heavy (non-hydrogen) atoms. The molecule has 160 valence electrons. The van der Waals surface area contributed by atoms with Gasteiger partial charge in [0.2, 0.25) is 10.0 Å². The number of benzene rings is 1. The van der Waals surface area contributed by atoms with Crippen molar-refractivity contribution in [3.8, 4) is 5.75 Å². The molecule has 7 nitrogen and oxygen atoms in total. The van der Waals surface area contributed by atoms with Crippen LogP contribution in [0.4, 0.5) is 0 Å². The third-order valence-electron chi connectivity index (χ3n) is 6.25. The summed E-state index contributed by atoms with van der Waals surface area (Å²) in [6, 6.07) is 9.51. The Balaban J connectivity index is 1.32. The van der Waals surface area contributed by atoms with Crippen molar-refractivity contribution in [1.82, 2.24) is 9.21 Å². The van der Waals surface area contributed by atoms with Crippen molar-refractivity contribution in [2.45, 2.75) is 56.2 Å². The number of para-hydroxylation sites is 1. The lowest BCUT2D eigenvalue weighted by Gasteiger charge is -2.48. The van der Waals surface area contributed by atoms with Crippen LogP contribution < -0.4 is 4.74 Å². The molecule has 1 aromatic carbocycles. The van der Waals surface area contributed by atoms with Crippen molar-refractivity contribution >= 4 is 15.9 Å². The maximum absolute atomic E-state index is 12.5. The van der Waals surface area contributed by atoms with E-state index in [2.05, 4.69) is 0 Å². The fourth-order valence-electron chi connectivity index (χ4n) is 4.65. The molecule has 1 aliphatic carbocycles. The van der Waals surface area contributed by atoms with Crippen LogP contribution in [0.2, 0.25) is 0 Å². The van der Waals surface area contributed by atoms with Gasteiger partial charge in [0.05, 0.1) is 11.9 Å². The fraction of sp³-hybridized carbons (Fsp3) is 0.667. The van der Waals surface area contributed by atoms with E-state index < -0.39 is 10.0 Å². The average molecular weight is 423 g/mol. The van der Waals surface area contributed by atoms with Gasteiger partial charge in [0.1, 0.15) is 5.75 Å². The van der Waals surface area contributed by atoms with Crippen LogP contribution in [0, 0.1) is 0 Å². The van der Waals surface area contributed by atoms with Gasteiger partial charge >= 0.3 is 0 Å². The van der Waals surface area contributed by atoms with Gasteiger partial charge in [-0.25, -0.2) is 8.42 Å². The molecule has 8 heteroatoms. The highest BCUT2D eigenvalue weighted by atomic mass is 32.2. The number of ether oxygens (including phenoxy) is 2. The summed E-state index contributed by atoms with van der Waals surface area (Å²) in [4.78, 5) is 14.3. The van der Waals surface area contributed by atoms with E-state index in [1.54, 1.807) is 4.31 Å². The van der Waals surface area contributed by atoms with Gasteiger partial charge < -0.3 is 14.4 Å². The van der Waals surface area contributed by atoms with Gasteiger partial charge in [0.15, 0.2) is 6.61 Å². The number of amides is 1. The van der Waals surface area contributed by atoms with Crippen LogP contribution in [-0.4, -0.2) is 73.8 Å². The van der Waals surface area contributed by atoms with Crippen LogP contribution in [0.5, 0.6) is 5.75 Å². The minimum atomic E-state index is -3.22. The lowest BCUT2D eigenvalue weighted by molar-refractivity contribution is -0.148. The van der Waals surface area contributed by atoms with Crippen LogP contribution in [0.25, 0.3) is 0 Å². The largest absolute Gasteiger partial charge is 0.484 e. The van der Waals surface area contributed by atoms with Gasteiger partial charge in [-0.05, 0) is 50.7 Å². The zero-order chi connectivity index (χ0) is 20.5. The number of sulfonamides is 1. The first-order valence-electron chi connectivity index (χ1n) is 10.4. The van der Waals surface area contributed by atoms with Gasteiger partial charge in [0.25, 0.3) is 5.91 Å².